The van der Waals surface area contributed by atoms with Gasteiger partial charge in [-0.3, -0.25) is 9.48 Å². The summed E-state index contributed by atoms with van der Waals surface area (Å²) in [7, 11) is 3.34. The van der Waals surface area contributed by atoms with E-state index in [1.807, 2.05) is 0 Å². The van der Waals surface area contributed by atoms with Gasteiger partial charge in [0.15, 0.2) is 5.82 Å². The summed E-state index contributed by atoms with van der Waals surface area (Å²) < 4.78 is 11.6. The zero-order chi connectivity index (χ0) is 14.8. The van der Waals surface area contributed by atoms with Gasteiger partial charge in [-0.05, 0) is 12.5 Å². The molecule has 0 bridgehead atoms. The number of aryl methyl sites for hydroxylation is 1. The summed E-state index contributed by atoms with van der Waals surface area (Å²) in [5, 5.41) is 7.99. The average molecular weight is 291 g/mol. The highest BCUT2D eigenvalue weighted by Crippen LogP contribution is 2.26. The van der Waals surface area contributed by atoms with E-state index < -0.39 is 0 Å². The molecule has 8 nitrogen and oxygen atoms in total. The number of amides is 1. The number of nitrogens with zero attached hydrogens (tertiary/aromatic N) is 5. The topological polar surface area (TPSA) is 86.3 Å². The Bertz CT molecular complexity index is 635. The first-order valence-electron chi connectivity index (χ1n) is 6.77. The average Bonchev–Trinajstić information content (AvgIpc) is 3.17. The Balaban J connectivity index is 1.67. The summed E-state index contributed by atoms with van der Waals surface area (Å²) in [5.74, 6) is 1.20. The van der Waals surface area contributed by atoms with Gasteiger partial charge in [-0.25, -0.2) is 0 Å². The smallest absolute Gasteiger partial charge is 0.272 e. The molecular formula is C13H17N5O3. The Kier molecular flexibility index (Phi) is 3.70. The Morgan fingerprint density at radius 3 is 3.14 bits per heavy atom. The summed E-state index contributed by atoms with van der Waals surface area (Å²) in [6.07, 6.45) is 2.45. The fraction of sp³-hybridized carbons (Fsp3) is 0.538. The molecule has 1 unspecified atom stereocenters. The predicted octanol–water partition coefficient (Wildman–Crippen LogP) is 0.579. The third-order valence-electron chi connectivity index (χ3n) is 3.63. The minimum atomic E-state index is -0.0156. The molecule has 2 aromatic rings. The van der Waals surface area contributed by atoms with Crippen molar-refractivity contribution in [3.63, 3.8) is 0 Å². The fourth-order valence-corrected chi connectivity index (χ4v) is 2.52. The maximum absolute atomic E-state index is 12.4. The van der Waals surface area contributed by atoms with Crippen molar-refractivity contribution in [3.8, 4) is 0 Å². The molecule has 3 heterocycles. The van der Waals surface area contributed by atoms with Gasteiger partial charge in [-0.2, -0.15) is 10.1 Å². The fourth-order valence-electron chi connectivity index (χ4n) is 2.52. The van der Waals surface area contributed by atoms with E-state index in [1.54, 1.807) is 36.0 Å². The molecule has 1 aliphatic heterocycles. The molecule has 0 saturated carbocycles. The van der Waals surface area contributed by atoms with Crippen molar-refractivity contribution < 1.29 is 14.1 Å². The van der Waals surface area contributed by atoms with Gasteiger partial charge in [0.05, 0.1) is 0 Å². The van der Waals surface area contributed by atoms with Crippen LogP contribution in [-0.4, -0.2) is 50.9 Å². The molecule has 2 aromatic heterocycles. The number of carbonyl (C=O) groups excluding carboxylic acids is 1. The normalized spacial score (nSPS) is 18.4. The second-order valence-electron chi connectivity index (χ2n) is 5.06. The molecule has 0 aromatic carbocycles. The van der Waals surface area contributed by atoms with Crippen LogP contribution in [0.15, 0.2) is 16.8 Å². The van der Waals surface area contributed by atoms with Crippen LogP contribution in [0, 0.1) is 0 Å². The van der Waals surface area contributed by atoms with Crippen LogP contribution in [0.1, 0.15) is 34.5 Å². The Labute approximate surface area is 121 Å². The molecule has 0 spiro atoms. The first kappa shape index (κ1) is 13.7. The van der Waals surface area contributed by atoms with Crippen molar-refractivity contribution in [2.45, 2.75) is 18.9 Å². The number of likely N-dealkylation sites (tertiary alicyclic amines) is 1. The molecule has 0 N–H and O–H groups in total. The van der Waals surface area contributed by atoms with Crippen LogP contribution < -0.4 is 0 Å². The minimum Gasteiger partial charge on any atom is -0.375 e. The molecule has 1 aliphatic rings. The van der Waals surface area contributed by atoms with Gasteiger partial charge < -0.3 is 14.2 Å². The number of methoxy groups -OCH3 is 1. The lowest BCUT2D eigenvalue weighted by Crippen LogP contribution is -2.30. The van der Waals surface area contributed by atoms with E-state index in [-0.39, 0.29) is 11.8 Å². The number of carbonyl (C=O) groups is 1. The predicted molar refractivity (Wildman–Crippen MR) is 71.5 cm³/mol. The van der Waals surface area contributed by atoms with Crippen LogP contribution in [0.3, 0.4) is 0 Å². The van der Waals surface area contributed by atoms with Crippen LogP contribution in [0.5, 0.6) is 0 Å². The molecule has 112 valence electrons. The molecule has 0 aliphatic carbocycles. The van der Waals surface area contributed by atoms with Crippen molar-refractivity contribution >= 4 is 5.91 Å². The van der Waals surface area contributed by atoms with Gasteiger partial charge >= 0.3 is 0 Å². The number of rotatable bonds is 4. The van der Waals surface area contributed by atoms with Gasteiger partial charge in [0.25, 0.3) is 11.8 Å². The first-order chi connectivity index (χ1) is 10.2. The van der Waals surface area contributed by atoms with E-state index in [2.05, 4.69) is 15.2 Å². The monoisotopic (exact) mass is 291 g/mol. The van der Waals surface area contributed by atoms with Crippen LogP contribution in [0.4, 0.5) is 0 Å². The summed E-state index contributed by atoms with van der Waals surface area (Å²) in [4.78, 5) is 18.5. The van der Waals surface area contributed by atoms with Gasteiger partial charge in [0, 0.05) is 39.4 Å². The van der Waals surface area contributed by atoms with E-state index in [9.17, 15) is 4.79 Å². The maximum atomic E-state index is 12.4. The third-order valence-corrected chi connectivity index (χ3v) is 3.63. The van der Waals surface area contributed by atoms with Crippen LogP contribution in [0.2, 0.25) is 0 Å². The van der Waals surface area contributed by atoms with Crippen LogP contribution in [-0.2, 0) is 18.4 Å². The second kappa shape index (κ2) is 5.65. The number of hydrogen-bond acceptors (Lipinski definition) is 6. The largest absolute Gasteiger partial charge is 0.375 e. The van der Waals surface area contributed by atoms with Crippen LogP contribution in [0.25, 0.3) is 0 Å². The van der Waals surface area contributed by atoms with E-state index in [0.717, 1.165) is 6.42 Å². The minimum absolute atomic E-state index is 0.0156. The Morgan fingerprint density at radius 1 is 1.57 bits per heavy atom. The van der Waals surface area contributed by atoms with Gasteiger partial charge in [0.2, 0.25) is 0 Å². The highest BCUT2D eigenvalue weighted by atomic mass is 16.5. The Hall–Kier alpha value is -2.22. The standard InChI is InChI=1S/C13H17N5O3/c1-17-10(3-5-14-17)13(19)18-6-4-9(7-18)12-15-11(8-20-2)21-16-12/h3,5,9H,4,6-8H2,1-2H3. The molecular weight excluding hydrogens is 274 g/mol. The van der Waals surface area contributed by atoms with E-state index >= 15 is 0 Å². The van der Waals surface area contributed by atoms with E-state index in [4.69, 9.17) is 9.26 Å². The SMILES string of the molecule is COCc1nc(C2CCN(C(=O)c3ccnn3C)C2)no1. The zero-order valence-corrected chi connectivity index (χ0v) is 12.0. The van der Waals surface area contributed by atoms with Gasteiger partial charge in [-0.15, -0.1) is 0 Å². The van der Waals surface area contributed by atoms with Crippen molar-refractivity contribution in [2.75, 3.05) is 20.2 Å². The number of hydrogen-bond donors (Lipinski definition) is 0. The first-order valence-corrected chi connectivity index (χ1v) is 6.77. The van der Waals surface area contributed by atoms with E-state index in [0.29, 0.717) is 37.1 Å². The van der Waals surface area contributed by atoms with Crippen molar-refractivity contribution in [2.24, 2.45) is 7.05 Å². The molecule has 1 amide bonds. The highest BCUT2D eigenvalue weighted by molar-refractivity contribution is 5.92. The third kappa shape index (κ3) is 2.66. The molecule has 1 fully saturated rings. The molecule has 1 atom stereocenters. The number of ether oxygens (including phenoxy) is 1. The van der Waals surface area contributed by atoms with Crippen molar-refractivity contribution in [1.29, 1.82) is 0 Å². The van der Waals surface area contributed by atoms with Crippen LogP contribution >= 0.6 is 0 Å². The maximum Gasteiger partial charge on any atom is 0.272 e. The quantitative estimate of drug-likeness (QED) is 0.819. The summed E-state index contributed by atoms with van der Waals surface area (Å²) >= 11 is 0. The summed E-state index contributed by atoms with van der Waals surface area (Å²) in [6, 6.07) is 1.72. The molecule has 8 heteroatoms. The summed E-state index contributed by atoms with van der Waals surface area (Å²) in [5.41, 5.74) is 0.587. The molecule has 1 saturated heterocycles. The molecule has 3 rings (SSSR count). The Morgan fingerprint density at radius 2 is 2.43 bits per heavy atom. The highest BCUT2D eigenvalue weighted by Gasteiger charge is 2.31. The van der Waals surface area contributed by atoms with Gasteiger partial charge in [0.1, 0.15) is 12.3 Å². The lowest BCUT2D eigenvalue weighted by atomic mass is 10.1. The van der Waals surface area contributed by atoms with E-state index in [1.165, 1.54) is 0 Å². The van der Waals surface area contributed by atoms with Crippen molar-refractivity contribution in [3.05, 3.63) is 29.7 Å². The summed E-state index contributed by atoms with van der Waals surface area (Å²) in [6.45, 7) is 1.58. The molecule has 21 heavy (non-hydrogen) atoms. The molecule has 0 radical (unpaired) electrons. The number of aromatic nitrogens is 4. The van der Waals surface area contributed by atoms with Gasteiger partial charge in [-0.1, -0.05) is 5.16 Å². The van der Waals surface area contributed by atoms with Crippen molar-refractivity contribution in [1.82, 2.24) is 24.8 Å². The lowest BCUT2D eigenvalue weighted by molar-refractivity contribution is 0.0779. The second-order valence-corrected chi connectivity index (χ2v) is 5.06. The lowest BCUT2D eigenvalue weighted by Gasteiger charge is -2.15. The zero-order valence-electron chi connectivity index (χ0n) is 12.0.